The number of halogens is 1. The van der Waals surface area contributed by atoms with Gasteiger partial charge in [-0.1, -0.05) is 19.9 Å². The van der Waals surface area contributed by atoms with E-state index in [-0.39, 0.29) is 18.3 Å². The van der Waals surface area contributed by atoms with Gasteiger partial charge in [0.1, 0.15) is 0 Å². The topological polar surface area (TPSA) is 44.4 Å². The summed E-state index contributed by atoms with van der Waals surface area (Å²) < 4.78 is 0. The van der Waals surface area contributed by atoms with Gasteiger partial charge in [-0.25, -0.2) is 0 Å². The fraction of sp³-hybridized carbons (Fsp3) is 0.588. The van der Waals surface area contributed by atoms with Crippen molar-refractivity contribution in [1.82, 2.24) is 5.32 Å². The number of nitrogens with zero attached hydrogens (tertiary/aromatic N) is 1. The summed E-state index contributed by atoms with van der Waals surface area (Å²) in [5.41, 5.74) is 2.06. The molecule has 0 saturated carbocycles. The molecule has 1 aromatic carbocycles. The van der Waals surface area contributed by atoms with E-state index in [2.05, 4.69) is 48.6 Å². The Morgan fingerprint density at radius 1 is 1.36 bits per heavy atom. The average molecular weight is 326 g/mol. The van der Waals surface area contributed by atoms with E-state index in [4.69, 9.17) is 0 Å². The minimum absolute atomic E-state index is 0. The highest BCUT2D eigenvalue weighted by Crippen LogP contribution is 2.23. The number of hydrogen-bond donors (Lipinski definition) is 2. The molecule has 1 aromatic rings. The number of piperidine rings is 1. The molecule has 0 radical (unpaired) electrons. The van der Waals surface area contributed by atoms with Crippen molar-refractivity contribution in [3.8, 4) is 0 Å². The lowest BCUT2D eigenvalue weighted by atomic mass is 10.0. The lowest BCUT2D eigenvalue weighted by Gasteiger charge is -2.33. The highest BCUT2D eigenvalue weighted by Gasteiger charge is 2.18. The zero-order valence-corrected chi connectivity index (χ0v) is 14.6. The normalized spacial score (nSPS) is 15.3. The molecular formula is C17H28ClN3O. The summed E-state index contributed by atoms with van der Waals surface area (Å²) in [5, 5.41) is 6.39. The van der Waals surface area contributed by atoms with Crippen LogP contribution in [0, 0.1) is 5.92 Å². The summed E-state index contributed by atoms with van der Waals surface area (Å²) in [4.78, 5) is 14.2. The second-order valence-corrected chi connectivity index (χ2v) is 6.29. The lowest BCUT2D eigenvalue weighted by molar-refractivity contribution is -0.116. The molecule has 1 fully saturated rings. The predicted molar refractivity (Wildman–Crippen MR) is 96.1 cm³/mol. The fourth-order valence-electron chi connectivity index (χ4n) is 2.79. The number of carbonyl (C=O) groups excluding carboxylic acids is 1. The number of benzene rings is 1. The summed E-state index contributed by atoms with van der Waals surface area (Å²) in [6.07, 6.45) is 2.90. The van der Waals surface area contributed by atoms with Crippen LogP contribution in [-0.2, 0) is 4.79 Å². The van der Waals surface area contributed by atoms with Gasteiger partial charge in [-0.2, -0.15) is 0 Å². The second-order valence-electron chi connectivity index (χ2n) is 6.29. The Labute approximate surface area is 140 Å². The van der Waals surface area contributed by atoms with Gasteiger partial charge >= 0.3 is 0 Å². The van der Waals surface area contributed by atoms with Crippen molar-refractivity contribution >= 4 is 29.7 Å². The Balaban J connectivity index is 0.00000242. The van der Waals surface area contributed by atoms with Crippen LogP contribution in [0.5, 0.6) is 0 Å². The maximum absolute atomic E-state index is 11.9. The van der Waals surface area contributed by atoms with Gasteiger partial charge in [0.05, 0.1) is 0 Å². The van der Waals surface area contributed by atoms with Gasteiger partial charge < -0.3 is 15.5 Å². The molecule has 2 rings (SSSR count). The summed E-state index contributed by atoms with van der Waals surface area (Å²) in [6, 6.07) is 8.73. The largest absolute Gasteiger partial charge is 0.371 e. The van der Waals surface area contributed by atoms with Gasteiger partial charge in [0.15, 0.2) is 0 Å². The second kappa shape index (κ2) is 9.01. The van der Waals surface area contributed by atoms with E-state index in [1.165, 1.54) is 18.5 Å². The molecule has 22 heavy (non-hydrogen) atoms. The molecule has 0 aliphatic carbocycles. The first kappa shape index (κ1) is 18.8. The summed E-state index contributed by atoms with van der Waals surface area (Å²) >= 11 is 0. The summed E-state index contributed by atoms with van der Waals surface area (Å²) in [7, 11) is 2.14. The van der Waals surface area contributed by atoms with Crippen LogP contribution in [0.15, 0.2) is 24.3 Å². The molecule has 1 heterocycles. The molecule has 2 N–H and O–H groups in total. The Kier molecular flexibility index (Phi) is 7.69. The molecule has 0 bridgehead atoms. The molecule has 0 unspecified atom stereocenters. The summed E-state index contributed by atoms with van der Waals surface area (Å²) in [5.74, 6) is 0.470. The van der Waals surface area contributed by atoms with Gasteiger partial charge in [0.2, 0.25) is 5.91 Å². The van der Waals surface area contributed by atoms with Gasteiger partial charge in [-0.05, 0) is 50.0 Å². The molecule has 1 saturated heterocycles. The number of hydrogen-bond acceptors (Lipinski definition) is 3. The van der Waals surface area contributed by atoms with E-state index in [0.29, 0.717) is 18.4 Å². The third kappa shape index (κ3) is 5.50. The van der Waals surface area contributed by atoms with Crippen LogP contribution in [0.25, 0.3) is 0 Å². The van der Waals surface area contributed by atoms with E-state index < -0.39 is 0 Å². The quantitative estimate of drug-likeness (QED) is 0.873. The van der Waals surface area contributed by atoms with Crippen LogP contribution in [0.3, 0.4) is 0 Å². The molecule has 0 aromatic heterocycles. The first-order valence-corrected chi connectivity index (χ1v) is 7.89. The van der Waals surface area contributed by atoms with E-state index in [9.17, 15) is 4.79 Å². The number of amides is 1. The average Bonchev–Trinajstić information content (AvgIpc) is 2.46. The molecule has 0 spiro atoms. The van der Waals surface area contributed by atoms with Gasteiger partial charge in [0, 0.05) is 30.9 Å². The molecule has 0 atom stereocenters. The summed E-state index contributed by atoms with van der Waals surface area (Å²) in [6.45, 7) is 6.28. The van der Waals surface area contributed by atoms with E-state index in [0.717, 1.165) is 18.8 Å². The number of nitrogens with one attached hydrogen (secondary N) is 2. The number of carbonyl (C=O) groups is 1. The van der Waals surface area contributed by atoms with Crippen molar-refractivity contribution in [2.45, 2.75) is 39.2 Å². The van der Waals surface area contributed by atoms with Crippen LogP contribution < -0.4 is 15.5 Å². The van der Waals surface area contributed by atoms with Crippen LogP contribution in [0.2, 0.25) is 0 Å². The fourth-order valence-corrected chi connectivity index (χ4v) is 2.79. The smallest absolute Gasteiger partial charge is 0.224 e. The van der Waals surface area contributed by atoms with E-state index >= 15 is 0 Å². The van der Waals surface area contributed by atoms with Crippen molar-refractivity contribution in [1.29, 1.82) is 0 Å². The maximum atomic E-state index is 11.9. The minimum atomic E-state index is 0. The molecule has 1 aliphatic heterocycles. The van der Waals surface area contributed by atoms with E-state index in [1.807, 2.05) is 12.1 Å². The van der Waals surface area contributed by atoms with Crippen molar-refractivity contribution < 1.29 is 4.79 Å². The molecule has 1 amide bonds. The monoisotopic (exact) mass is 325 g/mol. The zero-order chi connectivity index (χ0) is 15.2. The Hall–Kier alpha value is -1.26. The number of anilines is 2. The van der Waals surface area contributed by atoms with Crippen LogP contribution >= 0.6 is 12.4 Å². The van der Waals surface area contributed by atoms with Gasteiger partial charge in [-0.15, -0.1) is 12.4 Å². The molecule has 4 nitrogen and oxygen atoms in total. The van der Waals surface area contributed by atoms with E-state index in [1.54, 1.807) is 0 Å². The minimum Gasteiger partial charge on any atom is -0.371 e. The van der Waals surface area contributed by atoms with Crippen molar-refractivity contribution in [3.05, 3.63) is 24.3 Å². The molecule has 1 aliphatic rings. The predicted octanol–water partition coefficient (Wildman–Crippen LogP) is 3.28. The highest BCUT2D eigenvalue weighted by molar-refractivity contribution is 5.91. The molecule has 5 heteroatoms. The third-order valence-electron chi connectivity index (χ3n) is 3.99. The third-order valence-corrected chi connectivity index (χ3v) is 3.99. The highest BCUT2D eigenvalue weighted by atomic mass is 35.5. The van der Waals surface area contributed by atoms with Crippen molar-refractivity contribution in [2.24, 2.45) is 5.92 Å². The van der Waals surface area contributed by atoms with Gasteiger partial charge in [0.25, 0.3) is 0 Å². The standard InChI is InChI=1S/C17H27N3O.ClH/c1-13(2)11-17(21)19-14-5-4-6-16(12-14)20(3)15-7-9-18-10-8-15;/h4-6,12-13,15,18H,7-11H2,1-3H3,(H,19,21);1H. The van der Waals surface area contributed by atoms with Crippen molar-refractivity contribution in [3.63, 3.8) is 0 Å². The Morgan fingerprint density at radius 2 is 2.05 bits per heavy atom. The van der Waals surface area contributed by atoms with Gasteiger partial charge in [-0.3, -0.25) is 4.79 Å². The Bertz CT molecular complexity index is 473. The zero-order valence-electron chi connectivity index (χ0n) is 13.8. The first-order chi connectivity index (χ1) is 10.1. The maximum Gasteiger partial charge on any atom is 0.224 e. The SMILES string of the molecule is CC(C)CC(=O)Nc1cccc(N(C)C2CCNCC2)c1.Cl. The lowest BCUT2D eigenvalue weighted by Crippen LogP contribution is -2.41. The number of rotatable bonds is 5. The molecule has 124 valence electrons. The van der Waals surface area contributed by atoms with Crippen LogP contribution in [0.1, 0.15) is 33.1 Å². The Morgan fingerprint density at radius 3 is 2.68 bits per heavy atom. The van der Waals surface area contributed by atoms with Crippen molar-refractivity contribution in [2.75, 3.05) is 30.4 Å². The van der Waals surface area contributed by atoms with Crippen LogP contribution in [-0.4, -0.2) is 32.1 Å². The molecular weight excluding hydrogens is 298 g/mol. The van der Waals surface area contributed by atoms with Crippen LogP contribution in [0.4, 0.5) is 11.4 Å². The first-order valence-electron chi connectivity index (χ1n) is 7.89.